The van der Waals surface area contributed by atoms with Gasteiger partial charge in [0.25, 0.3) is 0 Å². The Hall–Kier alpha value is -0.740. The second kappa shape index (κ2) is 3.14. The van der Waals surface area contributed by atoms with Crippen molar-refractivity contribution < 1.29 is 22.7 Å². The first-order chi connectivity index (χ1) is 6.47. The van der Waals surface area contributed by atoms with E-state index in [4.69, 9.17) is 0 Å². The molecule has 0 aliphatic heterocycles. The molecule has 14 heavy (non-hydrogen) atoms. The number of rotatable bonds is 1. The van der Waals surface area contributed by atoms with Crippen LogP contribution >= 0.6 is 0 Å². The predicted octanol–water partition coefficient (Wildman–Crippen LogP) is 2.28. The average Bonchev–Trinajstić information content (AvgIpc) is 2.62. The van der Waals surface area contributed by atoms with Gasteiger partial charge in [0.1, 0.15) is 6.10 Å². The van der Waals surface area contributed by atoms with Crippen LogP contribution in [0.2, 0.25) is 0 Å². The standard InChI is InChI=1S/C9H11F3O2/c10-9(11,12)8(13)14-7-4-5-1-2-6(7)3-5/h5-7H,1-4H2/t5-,6+,7+/m1/s1. The van der Waals surface area contributed by atoms with E-state index < -0.39 is 18.2 Å². The Balaban J connectivity index is 1.90. The van der Waals surface area contributed by atoms with Crippen LogP contribution in [-0.4, -0.2) is 18.2 Å². The van der Waals surface area contributed by atoms with Crippen molar-refractivity contribution in [1.82, 2.24) is 0 Å². The Morgan fingerprint density at radius 3 is 2.36 bits per heavy atom. The van der Waals surface area contributed by atoms with Crippen LogP contribution < -0.4 is 0 Å². The van der Waals surface area contributed by atoms with Gasteiger partial charge in [0, 0.05) is 0 Å². The minimum absolute atomic E-state index is 0.172. The summed E-state index contributed by atoms with van der Waals surface area (Å²) in [6.45, 7) is 0. The molecule has 5 heteroatoms. The van der Waals surface area contributed by atoms with Crippen LogP contribution in [0.5, 0.6) is 0 Å². The zero-order valence-corrected chi connectivity index (χ0v) is 7.51. The normalized spacial score (nSPS) is 36.1. The van der Waals surface area contributed by atoms with Crippen molar-refractivity contribution in [2.24, 2.45) is 11.8 Å². The highest BCUT2D eigenvalue weighted by molar-refractivity contribution is 5.75. The molecule has 2 rings (SSSR count). The first kappa shape index (κ1) is 9.80. The van der Waals surface area contributed by atoms with Crippen LogP contribution in [0.25, 0.3) is 0 Å². The second-order valence-electron chi connectivity index (χ2n) is 4.12. The van der Waals surface area contributed by atoms with E-state index in [1.165, 1.54) is 0 Å². The van der Waals surface area contributed by atoms with Crippen molar-refractivity contribution in [2.45, 2.75) is 38.0 Å². The van der Waals surface area contributed by atoms with E-state index in [0.29, 0.717) is 12.3 Å². The third-order valence-corrected chi connectivity index (χ3v) is 3.16. The predicted molar refractivity (Wildman–Crippen MR) is 41.4 cm³/mol. The molecule has 2 aliphatic carbocycles. The number of fused-ring (bicyclic) bond motifs is 2. The molecule has 2 bridgehead atoms. The van der Waals surface area contributed by atoms with Gasteiger partial charge < -0.3 is 4.74 Å². The number of esters is 1. The highest BCUT2D eigenvalue weighted by Gasteiger charge is 2.47. The maximum absolute atomic E-state index is 11.9. The molecule has 0 spiro atoms. The Morgan fingerprint density at radius 2 is 1.93 bits per heavy atom. The lowest BCUT2D eigenvalue weighted by atomic mass is 9.98. The molecule has 2 aliphatic rings. The van der Waals surface area contributed by atoms with E-state index in [0.717, 1.165) is 19.3 Å². The average molecular weight is 208 g/mol. The Kier molecular flexibility index (Phi) is 2.20. The van der Waals surface area contributed by atoms with E-state index in [9.17, 15) is 18.0 Å². The number of hydrogen-bond acceptors (Lipinski definition) is 2. The van der Waals surface area contributed by atoms with Crippen molar-refractivity contribution in [1.29, 1.82) is 0 Å². The van der Waals surface area contributed by atoms with Crippen molar-refractivity contribution in [3.63, 3.8) is 0 Å². The highest BCUT2D eigenvalue weighted by atomic mass is 19.4. The van der Waals surface area contributed by atoms with Gasteiger partial charge in [-0.05, 0) is 37.5 Å². The van der Waals surface area contributed by atoms with Gasteiger partial charge >= 0.3 is 12.1 Å². The Bertz CT molecular complexity index is 249. The van der Waals surface area contributed by atoms with Gasteiger partial charge in [-0.3, -0.25) is 0 Å². The molecule has 2 fully saturated rings. The quantitative estimate of drug-likeness (QED) is 0.618. The van der Waals surface area contributed by atoms with Gasteiger partial charge in [-0.1, -0.05) is 0 Å². The third-order valence-electron chi connectivity index (χ3n) is 3.16. The van der Waals surface area contributed by atoms with Gasteiger partial charge in [-0.2, -0.15) is 13.2 Å². The molecule has 3 atom stereocenters. The Labute approximate surface area is 79.4 Å². The fourth-order valence-corrected chi connectivity index (χ4v) is 2.54. The summed E-state index contributed by atoms with van der Waals surface area (Å²) < 4.78 is 40.1. The fourth-order valence-electron chi connectivity index (χ4n) is 2.54. The molecule has 0 saturated heterocycles. The summed E-state index contributed by atoms with van der Waals surface area (Å²) in [5.41, 5.74) is 0. The molecule has 0 aromatic rings. The number of hydrogen-bond donors (Lipinski definition) is 0. The molecule has 0 radical (unpaired) electrons. The SMILES string of the molecule is O=C(O[C@H]1C[C@@H]2CC[C@H]1C2)C(F)(F)F. The molecule has 0 aromatic heterocycles. The zero-order valence-electron chi connectivity index (χ0n) is 7.51. The van der Waals surface area contributed by atoms with Gasteiger partial charge in [0.15, 0.2) is 0 Å². The lowest BCUT2D eigenvalue weighted by Gasteiger charge is -2.22. The first-order valence-electron chi connectivity index (χ1n) is 4.74. The van der Waals surface area contributed by atoms with Crippen molar-refractivity contribution in [3.8, 4) is 0 Å². The largest absolute Gasteiger partial charge is 0.490 e. The molecule has 0 heterocycles. The summed E-state index contributed by atoms with van der Waals surface area (Å²) >= 11 is 0. The van der Waals surface area contributed by atoms with Gasteiger partial charge in [-0.15, -0.1) is 0 Å². The van der Waals surface area contributed by atoms with Crippen LogP contribution in [-0.2, 0) is 9.53 Å². The number of halogens is 3. The number of ether oxygens (including phenoxy) is 1. The molecule has 0 N–H and O–H groups in total. The molecular weight excluding hydrogens is 197 g/mol. The minimum atomic E-state index is -4.85. The summed E-state index contributed by atoms with van der Waals surface area (Å²) in [6, 6.07) is 0. The maximum Gasteiger partial charge on any atom is 0.490 e. The number of alkyl halides is 3. The summed E-state index contributed by atoms with van der Waals surface area (Å²) in [5, 5.41) is 0. The van der Waals surface area contributed by atoms with Gasteiger partial charge in [0.05, 0.1) is 0 Å². The summed E-state index contributed by atoms with van der Waals surface area (Å²) in [5.74, 6) is -1.38. The minimum Gasteiger partial charge on any atom is -0.455 e. The second-order valence-corrected chi connectivity index (χ2v) is 4.12. The van der Waals surface area contributed by atoms with Crippen LogP contribution in [0, 0.1) is 11.8 Å². The summed E-state index contributed by atoms with van der Waals surface area (Å²) in [7, 11) is 0. The molecule has 0 unspecified atom stereocenters. The van der Waals surface area contributed by atoms with Crippen molar-refractivity contribution in [2.75, 3.05) is 0 Å². The third kappa shape index (κ3) is 1.72. The van der Waals surface area contributed by atoms with Gasteiger partial charge in [0.2, 0.25) is 0 Å². The van der Waals surface area contributed by atoms with Crippen LogP contribution in [0.3, 0.4) is 0 Å². The smallest absolute Gasteiger partial charge is 0.455 e. The van der Waals surface area contributed by atoms with Crippen molar-refractivity contribution >= 4 is 5.97 Å². The molecule has 2 nitrogen and oxygen atoms in total. The van der Waals surface area contributed by atoms with E-state index in [-0.39, 0.29) is 5.92 Å². The van der Waals surface area contributed by atoms with E-state index >= 15 is 0 Å². The molecule has 2 saturated carbocycles. The molecule has 80 valence electrons. The lowest BCUT2D eigenvalue weighted by Crippen LogP contribution is -2.32. The zero-order chi connectivity index (χ0) is 10.3. The highest BCUT2D eigenvalue weighted by Crippen LogP contribution is 2.46. The van der Waals surface area contributed by atoms with Crippen LogP contribution in [0.15, 0.2) is 0 Å². The lowest BCUT2D eigenvalue weighted by molar-refractivity contribution is -0.206. The number of carbonyl (C=O) groups excluding carboxylic acids is 1. The van der Waals surface area contributed by atoms with Crippen LogP contribution in [0.1, 0.15) is 25.7 Å². The maximum atomic E-state index is 11.9. The van der Waals surface area contributed by atoms with Crippen molar-refractivity contribution in [3.05, 3.63) is 0 Å². The molecule has 0 aromatic carbocycles. The monoisotopic (exact) mass is 208 g/mol. The summed E-state index contributed by atoms with van der Waals surface area (Å²) in [4.78, 5) is 10.5. The topological polar surface area (TPSA) is 26.3 Å². The first-order valence-corrected chi connectivity index (χ1v) is 4.74. The molecule has 0 amide bonds. The molecular formula is C9H11F3O2. The van der Waals surface area contributed by atoms with E-state index in [1.54, 1.807) is 0 Å². The van der Waals surface area contributed by atoms with E-state index in [2.05, 4.69) is 4.74 Å². The van der Waals surface area contributed by atoms with Crippen LogP contribution in [0.4, 0.5) is 13.2 Å². The van der Waals surface area contributed by atoms with E-state index in [1.807, 2.05) is 0 Å². The summed E-state index contributed by atoms with van der Waals surface area (Å²) in [6.07, 6.45) is -1.81. The van der Waals surface area contributed by atoms with Gasteiger partial charge in [-0.25, -0.2) is 4.79 Å². The number of carbonyl (C=O) groups is 1. The Morgan fingerprint density at radius 1 is 1.21 bits per heavy atom. The fraction of sp³-hybridized carbons (Fsp3) is 0.889.